The molecule has 27 heavy (non-hydrogen) atoms. The largest absolute Gasteiger partial charge is 0.340 e. The molecule has 0 unspecified atom stereocenters. The van der Waals surface area contributed by atoms with Gasteiger partial charge < -0.3 is 15.1 Å². The fourth-order valence-corrected chi connectivity index (χ4v) is 4.39. The summed E-state index contributed by atoms with van der Waals surface area (Å²) in [6, 6.07) is 10.2. The Labute approximate surface area is 161 Å². The minimum atomic E-state index is -0.334. The molecule has 0 spiro atoms. The average Bonchev–Trinajstić information content (AvgIpc) is 3.43. The van der Waals surface area contributed by atoms with E-state index < -0.39 is 0 Å². The van der Waals surface area contributed by atoms with Crippen molar-refractivity contribution < 1.29 is 9.59 Å². The summed E-state index contributed by atoms with van der Waals surface area (Å²) in [5.41, 5.74) is 0.807. The third kappa shape index (κ3) is 3.87. The number of benzene rings is 1. The minimum Gasteiger partial charge on any atom is -0.340 e. The first kappa shape index (κ1) is 18.1. The van der Waals surface area contributed by atoms with Crippen molar-refractivity contribution in [3.63, 3.8) is 0 Å². The number of urea groups is 1. The van der Waals surface area contributed by atoms with Gasteiger partial charge in [0.25, 0.3) is 0 Å². The molecule has 144 valence electrons. The molecule has 0 bridgehead atoms. The molecule has 1 heterocycles. The molecule has 0 aromatic heterocycles. The molecule has 1 aromatic rings. The molecule has 2 aliphatic carbocycles. The predicted molar refractivity (Wildman–Crippen MR) is 105 cm³/mol. The lowest BCUT2D eigenvalue weighted by atomic mass is 9.91. The molecule has 1 N–H and O–H groups in total. The van der Waals surface area contributed by atoms with Gasteiger partial charge in [-0.1, -0.05) is 42.5 Å². The SMILES string of the molecule is O=C1NCCN1CCN(C[C@H]1CC=CCC1)C(=O)C1(c2ccccc2)CC1. The highest BCUT2D eigenvalue weighted by atomic mass is 16.2. The molecule has 1 atom stereocenters. The molecular weight excluding hydrogens is 338 g/mol. The van der Waals surface area contributed by atoms with Crippen molar-refractivity contribution in [2.45, 2.75) is 37.5 Å². The van der Waals surface area contributed by atoms with E-state index >= 15 is 0 Å². The molecule has 3 aliphatic rings. The molecule has 1 aromatic carbocycles. The minimum absolute atomic E-state index is 0.00723. The van der Waals surface area contributed by atoms with Gasteiger partial charge in [-0.3, -0.25) is 4.79 Å². The third-order valence-corrected chi connectivity index (χ3v) is 6.21. The summed E-state index contributed by atoms with van der Waals surface area (Å²) in [7, 11) is 0. The first-order valence-corrected chi connectivity index (χ1v) is 10.2. The van der Waals surface area contributed by atoms with E-state index in [1.54, 1.807) is 0 Å². The fraction of sp³-hybridized carbons (Fsp3) is 0.545. The second kappa shape index (κ2) is 7.75. The van der Waals surface area contributed by atoms with Gasteiger partial charge in [0.05, 0.1) is 5.41 Å². The number of allylic oxidation sites excluding steroid dienone is 2. The van der Waals surface area contributed by atoms with Crippen LogP contribution < -0.4 is 5.32 Å². The van der Waals surface area contributed by atoms with Crippen molar-refractivity contribution in [2.24, 2.45) is 5.92 Å². The van der Waals surface area contributed by atoms with Gasteiger partial charge in [0.2, 0.25) is 5.91 Å². The van der Waals surface area contributed by atoms with Crippen LogP contribution >= 0.6 is 0 Å². The third-order valence-electron chi connectivity index (χ3n) is 6.21. The van der Waals surface area contributed by atoms with Gasteiger partial charge in [-0.15, -0.1) is 0 Å². The zero-order valence-electron chi connectivity index (χ0n) is 15.9. The lowest BCUT2D eigenvalue weighted by Gasteiger charge is -2.32. The molecule has 0 radical (unpaired) electrons. The molecule has 1 saturated carbocycles. The van der Waals surface area contributed by atoms with E-state index in [9.17, 15) is 9.59 Å². The molecule has 4 rings (SSSR count). The number of nitrogens with one attached hydrogen (secondary N) is 1. The maximum absolute atomic E-state index is 13.6. The lowest BCUT2D eigenvalue weighted by Crippen LogP contribution is -2.46. The molecule has 1 saturated heterocycles. The molecule has 1 aliphatic heterocycles. The van der Waals surface area contributed by atoms with Crippen molar-refractivity contribution in [1.29, 1.82) is 0 Å². The summed E-state index contributed by atoms with van der Waals surface area (Å²) in [6.45, 7) is 3.48. The van der Waals surface area contributed by atoms with Gasteiger partial charge in [-0.25, -0.2) is 4.79 Å². The Morgan fingerprint density at radius 1 is 1.22 bits per heavy atom. The Balaban J connectivity index is 1.48. The van der Waals surface area contributed by atoms with Gasteiger partial charge >= 0.3 is 6.03 Å². The smallest absolute Gasteiger partial charge is 0.317 e. The zero-order chi connectivity index (χ0) is 18.7. The summed E-state index contributed by atoms with van der Waals surface area (Å²) < 4.78 is 0. The topological polar surface area (TPSA) is 52.7 Å². The van der Waals surface area contributed by atoms with Crippen molar-refractivity contribution >= 4 is 11.9 Å². The number of nitrogens with zero attached hydrogens (tertiary/aromatic N) is 2. The van der Waals surface area contributed by atoms with Gasteiger partial charge in [-0.05, 0) is 43.6 Å². The van der Waals surface area contributed by atoms with E-state index in [1.165, 1.54) is 0 Å². The van der Waals surface area contributed by atoms with Gasteiger partial charge in [-0.2, -0.15) is 0 Å². The van der Waals surface area contributed by atoms with Gasteiger partial charge in [0, 0.05) is 32.7 Å². The van der Waals surface area contributed by atoms with Crippen LogP contribution in [0.2, 0.25) is 0 Å². The molecule has 5 heteroatoms. The van der Waals surface area contributed by atoms with Crippen molar-refractivity contribution in [1.82, 2.24) is 15.1 Å². The monoisotopic (exact) mass is 367 g/mol. The summed E-state index contributed by atoms with van der Waals surface area (Å²) in [5.74, 6) is 0.779. The summed E-state index contributed by atoms with van der Waals surface area (Å²) >= 11 is 0. The predicted octanol–water partition coefficient (Wildman–Crippen LogP) is 2.93. The van der Waals surface area contributed by atoms with Crippen molar-refractivity contribution in [2.75, 3.05) is 32.7 Å². The highest BCUT2D eigenvalue weighted by molar-refractivity contribution is 5.91. The van der Waals surface area contributed by atoms with Gasteiger partial charge in [0.1, 0.15) is 0 Å². The number of hydrogen-bond acceptors (Lipinski definition) is 2. The second-order valence-corrected chi connectivity index (χ2v) is 8.07. The van der Waals surface area contributed by atoms with E-state index in [-0.39, 0.29) is 17.4 Å². The number of carbonyl (C=O) groups excluding carboxylic acids is 2. The first-order valence-electron chi connectivity index (χ1n) is 10.2. The maximum atomic E-state index is 13.6. The van der Waals surface area contributed by atoms with Crippen LogP contribution in [0.25, 0.3) is 0 Å². The van der Waals surface area contributed by atoms with Crippen LogP contribution in [0.15, 0.2) is 42.5 Å². The Morgan fingerprint density at radius 2 is 2.04 bits per heavy atom. The Hall–Kier alpha value is -2.30. The van der Waals surface area contributed by atoms with Crippen LogP contribution in [0.5, 0.6) is 0 Å². The van der Waals surface area contributed by atoms with Crippen LogP contribution in [-0.4, -0.2) is 54.5 Å². The molecular formula is C22H29N3O2. The van der Waals surface area contributed by atoms with Crippen LogP contribution in [-0.2, 0) is 10.2 Å². The van der Waals surface area contributed by atoms with E-state index in [2.05, 4.69) is 34.5 Å². The van der Waals surface area contributed by atoms with Crippen LogP contribution in [0.3, 0.4) is 0 Å². The molecule has 2 fully saturated rings. The molecule has 5 nitrogen and oxygen atoms in total. The first-order chi connectivity index (χ1) is 13.2. The number of hydrogen-bond donors (Lipinski definition) is 1. The normalized spacial score (nSPS) is 23.2. The van der Waals surface area contributed by atoms with Gasteiger partial charge in [0.15, 0.2) is 0 Å². The number of amides is 3. The Morgan fingerprint density at radius 3 is 2.67 bits per heavy atom. The zero-order valence-corrected chi connectivity index (χ0v) is 15.9. The number of carbonyl (C=O) groups is 2. The van der Waals surface area contributed by atoms with E-state index in [4.69, 9.17) is 0 Å². The summed E-state index contributed by atoms with van der Waals surface area (Å²) in [5, 5.41) is 2.85. The standard InChI is InChI=1S/C22H29N3O2/c26-20(22(11-12-22)19-9-5-2-6-10-19)25(17-18-7-3-1-4-8-18)16-15-24-14-13-23-21(24)27/h1-3,5-6,9-10,18H,4,7-8,11-17H2,(H,23,27)/t18-/m0/s1. The number of rotatable bonds is 7. The maximum Gasteiger partial charge on any atom is 0.317 e. The quantitative estimate of drug-likeness (QED) is 0.754. The van der Waals surface area contributed by atoms with Crippen molar-refractivity contribution in [3.8, 4) is 0 Å². The Bertz CT molecular complexity index is 712. The Kier molecular flexibility index (Phi) is 5.19. The van der Waals surface area contributed by atoms with Crippen LogP contribution in [0.4, 0.5) is 4.79 Å². The average molecular weight is 367 g/mol. The van der Waals surface area contributed by atoms with E-state index in [1.807, 2.05) is 23.1 Å². The summed E-state index contributed by atoms with van der Waals surface area (Å²) in [4.78, 5) is 29.3. The second-order valence-electron chi connectivity index (χ2n) is 8.07. The molecule has 3 amide bonds. The highest BCUT2D eigenvalue weighted by Gasteiger charge is 2.53. The van der Waals surface area contributed by atoms with E-state index in [0.717, 1.165) is 50.8 Å². The van der Waals surface area contributed by atoms with Crippen LogP contribution in [0.1, 0.15) is 37.7 Å². The van der Waals surface area contributed by atoms with E-state index in [0.29, 0.717) is 25.6 Å². The highest BCUT2D eigenvalue weighted by Crippen LogP contribution is 2.49. The lowest BCUT2D eigenvalue weighted by molar-refractivity contribution is -0.134. The fourth-order valence-electron chi connectivity index (χ4n) is 4.39. The summed E-state index contributed by atoms with van der Waals surface area (Å²) in [6.07, 6.45) is 9.64. The van der Waals surface area contributed by atoms with Crippen LogP contribution in [0, 0.1) is 5.92 Å². The van der Waals surface area contributed by atoms with Crippen molar-refractivity contribution in [3.05, 3.63) is 48.0 Å².